The summed E-state index contributed by atoms with van der Waals surface area (Å²) in [7, 11) is 0. The zero-order chi connectivity index (χ0) is 20.5. The zero-order valence-electron chi connectivity index (χ0n) is 16.3. The zero-order valence-corrected chi connectivity index (χ0v) is 16.3. The number of amides is 1. The van der Waals surface area contributed by atoms with Crippen LogP contribution in [0.2, 0.25) is 0 Å². The Labute approximate surface area is 165 Å². The molecule has 0 atom stereocenters. The topological polar surface area (TPSA) is 89.9 Å². The molecule has 0 unspecified atom stereocenters. The van der Waals surface area contributed by atoms with Crippen molar-refractivity contribution in [2.75, 3.05) is 6.54 Å². The van der Waals surface area contributed by atoms with Gasteiger partial charge in [0.05, 0.1) is 23.7 Å². The summed E-state index contributed by atoms with van der Waals surface area (Å²) in [4.78, 5) is 19.4. The molecule has 148 valence electrons. The number of pyridine rings is 1. The third kappa shape index (κ3) is 3.35. The summed E-state index contributed by atoms with van der Waals surface area (Å²) in [6, 6.07) is 8.03. The van der Waals surface area contributed by atoms with Gasteiger partial charge in [-0.2, -0.15) is 5.10 Å². The van der Waals surface area contributed by atoms with Crippen LogP contribution in [0.5, 0.6) is 0 Å². The Kier molecular flexibility index (Phi) is 4.79. The molecule has 4 rings (SSSR count). The highest BCUT2D eigenvalue weighted by Gasteiger charge is 2.23. The molecule has 0 spiro atoms. The Hall–Kier alpha value is -3.62. The van der Waals surface area contributed by atoms with E-state index in [-0.39, 0.29) is 18.1 Å². The minimum atomic E-state index is -0.419. The van der Waals surface area contributed by atoms with Crippen LogP contribution in [-0.2, 0) is 6.54 Å². The van der Waals surface area contributed by atoms with Crippen LogP contribution in [0.25, 0.3) is 16.7 Å². The van der Waals surface area contributed by atoms with Crippen LogP contribution in [0, 0.1) is 19.7 Å². The molecule has 0 bridgehead atoms. The molecule has 0 N–H and O–H groups in total. The molecule has 3 aromatic heterocycles. The predicted octanol–water partition coefficient (Wildman–Crippen LogP) is 3.22. The first kappa shape index (κ1) is 18.7. The number of para-hydroxylation sites is 1. The van der Waals surface area contributed by atoms with Gasteiger partial charge >= 0.3 is 0 Å². The lowest BCUT2D eigenvalue weighted by Crippen LogP contribution is -2.31. The molecule has 1 amide bonds. The van der Waals surface area contributed by atoms with Crippen LogP contribution in [0.4, 0.5) is 4.39 Å². The molecular formula is C20H19FN6O2. The lowest BCUT2D eigenvalue weighted by molar-refractivity contribution is 0.0750. The molecular weight excluding hydrogens is 375 g/mol. The number of aryl methyl sites for hydroxylation is 2. The van der Waals surface area contributed by atoms with E-state index >= 15 is 0 Å². The Morgan fingerprint density at radius 3 is 2.72 bits per heavy atom. The van der Waals surface area contributed by atoms with Crippen molar-refractivity contribution in [3.05, 3.63) is 65.0 Å². The standard InChI is InChI=1S/C20H19FN6O2/c1-4-26(11-17-13(3)24-29-25-17)20(28)14-9-12(2)23-19-15(14)10-22-27(19)18-8-6-5-7-16(18)21/h5-10H,4,11H2,1-3H3. The van der Waals surface area contributed by atoms with Gasteiger partial charge in [0.1, 0.15) is 22.9 Å². The summed E-state index contributed by atoms with van der Waals surface area (Å²) in [5.41, 5.74) is 3.02. The summed E-state index contributed by atoms with van der Waals surface area (Å²) in [6.45, 7) is 6.19. The number of carbonyl (C=O) groups excluding carboxylic acids is 1. The van der Waals surface area contributed by atoms with Gasteiger partial charge in [-0.15, -0.1) is 0 Å². The highest BCUT2D eigenvalue weighted by atomic mass is 19.1. The van der Waals surface area contributed by atoms with Crippen molar-refractivity contribution in [1.29, 1.82) is 0 Å². The molecule has 29 heavy (non-hydrogen) atoms. The van der Waals surface area contributed by atoms with Crippen LogP contribution in [0.15, 0.2) is 41.2 Å². The van der Waals surface area contributed by atoms with Crippen LogP contribution in [-0.4, -0.2) is 42.4 Å². The van der Waals surface area contributed by atoms with E-state index in [9.17, 15) is 9.18 Å². The lowest BCUT2D eigenvalue weighted by atomic mass is 10.1. The Morgan fingerprint density at radius 1 is 1.24 bits per heavy atom. The van der Waals surface area contributed by atoms with E-state index < -0.39 is 5.82 Å². The van der Waals surface area contributed by atoms with Gasteiger partial charge in [0.15, 0.2) is 5.65 Å². The minimum Gasteiger partial charge on any atom is -0.333 e. The number of halogens is 1. The fourth-order valence-electron chi connectivity index (χ4n) is 3.17. The number of fused-ring (bicyclic) bond motifs is 1. The van der Waals surface area contributed by atoms with Gasteiger partial charge in [-0.1, -0.05) is 22.4 Å². The molecule has 1 aromatic carbocycles. The quantitative estimate of drug-likeness (QED) is 0.516. The smallest absolute Gasteiger partial charge is 0.255 e. The average Bonchev–Trinajstić information content (AvgIpc) is 3.31. The normalized spacial score (nSPS) is 11.2. The second-order valence-corrected chi connectivity index (χ2v) is 6.67. The molecule has 4 aromatic rings. The molecule has 8 nitrogen and oxygen atoms in total. The first-order chi connectivity index (χ1) is 14.0. The van der Waals surface area contributed by atoms with Gasteiger partial charge in [0.25, 0.3) is 5.91 Å². The summed E-state index contributed by atoms with van der Waals surface area (Å²) < 4.78 is 20.4. The van der Waals surface area contributed by atoms with E-state index in [0.717, 1.165) is 0 Å². The number of hydrogen-bond donors (Lipinski definition) is 0. The number of rotatable bonds is 5. The maximum atomic E-state index is 14.3. The van der Waals surface area contributed by atoms with Gasteiger partial charge in [-0.3, -0.25) is 4.79 Å². The molecule has 0 aliphatic rings. The van der Waals surface area contributed by atoms with Gasteiger partial charge in [-0.25, -0.2) is 18.7 Å². The minimum absolute atomic E-state index is 0.196. The van der Waals surface area contributed by atoms with Gasteiger partial charge in [0.2, 0.25) is 0 Å². The monoisotopic (exact) mass is 394 g/mol. The van der Waals surface area contributed by atoms with Crippen molar-refractivity contribution in [1.82, 2.24) is 30.0 Å². The van der Waals surface area contributed by atoms with Crippen LogP contribution < -0.4 is 0 Å². The second kappa shape index (κ2) is 7.42. The molecule has 0 aliphatic heterocycles. The van der Waals surface area contributed by atoms with E-state index in [1.54, 1.807) is 43.0 Å². The second-order valence-electron chi connectivity index (χ2n) is 6.67. The SMILES string of the molecule is CCN(Cc1nonc1C)C(=O)c1cc(C)nc2c1cnn2-c1ccccc1F. The van der Waals surface area contributed by atoms with Crippen molar-refractivity contribution < 1.29 is 13.8 Å². The molecule has 0 saturated carbocycles. The predicted molar refractivity (Wildman–Crippen MR) is 103 cm³/mol. The van der Waals surface area contributed by atoms with Crippen molar-refractivity contribution in [2.45, 2.75) is 27.3 Å². The van der Waals surface area contributed by atoms with Crippen LogP contribution >= 0.6 is 0 Å². The molecule has 0 fully saturated rings. The van der Waals surface area contributed by atoms with E-state index in [4.69, 9.17) is 4.63 Å². The summed E-state index contributed by atoms with van der Waals surface area (Å²) in [5.74, 6) is -0.614. The molecule has 0 saturated heterocycles. The van der Waals surface area contributed by atoms with E-state index in [0.29, 0.717) is 40.2 Å². The van der Waals surface area contributed by atoms with Crippen LogP contribution in [0.1, 0.15) is 34.4 Å². The van der Waals surface area contributed by atoms with Gasteiger partial charge < -0.3 is 4.90 Å². The van der Waals surface area contributed by atoms with E-state index in [1.165, 1.54) is 16.9 Å². The van der Waals surface area contributed by atoms with Gasteiger partial charge in [-0.05, 0) is 39.0 Å². The Balaban J connectivity index is 1.78. The highest BCUT2D eigenvalue weighted by molar-refractivity contribution is 6.05. The first-order valence-electron chi connectivity index (χ1n) is 9.17. The number of carbonyl (C=O) groups is 1. The molecule has 0 radical (unpaired) electrons. The van der Waals surface area contributed by atoms with Crippen molar-refractivity contribution in [2.24, 2.45) is 0 Å². The maximum Gasteiger partial charge on any atom is 0.255 e. The largest absolute Gasteiger partial charge is 0.333 e. The molecule has 0 aliphatic carbocycles. The van der Waals surface area contributed by atoms with Crippen LogP contribution in [0.3, 0.4) is 0 Å². The Bertz CT molecular complexity index is 1200. The summed E-state index contributed by atoms with van der Waals surface area (Å²) in [5, 5.41) is 12.5. The fraction of sp³-hybridized carbons (Fsp3) is 0.250. The van der Waals surface area contributed by atoms with Crippen molar-refractivity contribution in [3.8, 4) is 5.69 Å². The number of nitrogens with zero attached hydrogens (tertiary/aromatic N) is 6. The molecule has 9 heteroatoms. The molecule has 3 heterocycles. The highest BCUT2D eigenvalue weighted by Crippen LogP contribution is 2.24. The number of hydrogen-bond acceptors (Lipinski definition) is 6. The number of benzene rings is 1. The van der Waals surface area contributed by atoms with Crippen molar-refractivity contribution >= 4 is 16.9 Å². The van der Waals surface area contributed by atoms with E-state index in [2.05, 4.69) is 20.4 Å². The van der Waals surface area contributed by atoms with Gasteiger partial charge in [0, 0.05) is 12.2 Å². The summed E-state index contributed by atoms with van der Waals surface area (Å²) >= 11 is 0. The lowest BCUT2D eigenvalue weighted by Gasteiger charge is -2.20. The Morgan fingerprint density at radius 2 is 2.03 bits per heavy atom. The fourth-order valence-corrected chi connectivity index (χ4v) is 3.17. The maximum absolute atomic E-state index is 14.3. The summed E-state index contributed by atoms with van der Waals surface area (Å²) in [6.07, 6.45) is 1.54. The number of aromatic nitrogens is 5. The van der Waals surface area contributed by atoms with Crippen molar-refractivity contribution in [3.63, 3.8) is 0 Å². The average molecular weight is 394 g/mol. The third-order valence-corrected chi connectivity index (χ3v) is 4.74. The third-order valence-electron chi connectivity index (χ3n) is 4.74. The first-order valence-corrected chi connectivity index (χ1v) is 9.17. The van der Waals surface area contributed by atoms with E-state index in [1.807, 2.05) is 6.92 Å².